The van der Waals surface area contributed by atoms with Crippen molar-refractivity contribution in [2.45, 2.75) is 13.3 Å². The highest BCUT2D eigenvalue weighted by Crippen LogP contribution is 2.25. The third-order valence-corrected chi connectivity index (χ3v) is 3.85. The average Bonchev–Trinajstić information content (AvgIpc) is 3.15. The minimum atomic E-state index is -0.244. The summed E-state index contributed by atoms with van der Waals surface area (Å²) in [5.74, 6) is 0.264. The summed E-state index contributed by atoms with van der Waals surface area (Å²) < 4.78 is 5.04. The first-order valence-corrected chi connectivity index (χ1v) is 7.32. The summed E-state index contributed by atoms with van der Waals surface area (Å²) in [7, 11) is 0. The van der Waals surface area contributed by atoms with E-state index in [4.69, 9.17) is 4.42 Å². The topological polar surface area (TPSA) is 62.6 Å². The lowest BCUT2D eigenvalue weighted by Gasteiger charge is -2.17. The molecule has 22 heavy (non-hydrogen) atoms. The Bertz CT molecular complexity index is 662. The second kappa shape index (κ2) is 6.05. The molecule has 1 saturated heterocycles. The molecule has 0 bridgehead atoms. The predicted molar refractivity (Wildman–Crippen MR) is 82.7 cm³/mol. The molecule has 5 heteroatoms. The Balaban J connectivity index is 1.58. The molecule has 0 spiro atoms. The molecule has 1 aliphatic rings. The van der Waals surface area contributed by atoms with Crippen LogP contribution in [0.15, 0.2) is 47.1 Å². The normalized spacial score (nSPS) is 17.8. The van der Waals surface area contributed by atoms with Gasteiger partial charge in [-0.15, -0.1) is 0 Å². The predicted octanol–water partition coefficient (Wildman–Crippen LogP) is 2.37. The summed E-state index contributed by atoms with van der Waals surface area (Å²) in [5.41, 5.74) is 2.08. The number of nitrogens with one attached hydrogen (secondary N) is 1. The van der Waals surface area contributed by atoms with Crippen LogP contribution in [-0.2, 0) is 4.79 Å². The van der Waals surface area contributed by atoms with E-state index in [-0.39, 0.29) is 17.7 Å². The van der Waals surface area contributed by atoms with Gasteiger partial charge in [0.1, 0.15) is 0 Å². The van der Waals surface area contributed by atoms with Crippen LogP contribution in [0, 0.1) is 12.8 Å². The lowest BCUT2D eigenvalue weighted by molar-refractivity contribution is -0.117. The number of hydrogen-bond acceptors (Lipinski definition) is 3. The van der Waals surface area contributed by atoms with Gasteiger partial charge in [0.05, 0.1) is 6.26 Å². The zero-order chi connectivity index (χ0) is 15.5. The Morgan fingerprint density at radius 3 is 2.77 bits per heavy atom. The quantitative estimate of drug-likeness (QED) is 0.942. The van der Waals surface area contributed by atoms with Crippen LogP contribution in [0.4, 0.5) is 5.69 Å². The van der Waals surface area contributed by atoms with Crippen LogP contribution in [-0.4, -0.2) is 24.9 Å². The SMILES string of the molecule is Cc1ccc(N2C[C@@H](CNC(=O)c3ccco3)CC2=O)cc1. The third kappa shape index (κ3) is 3.03. The Morgan fingerprint density at radius 2 is 2.09 bits per heavy atom. The van der Waals surface area contributed by atoms with Crippen LogP contribution in [0.1, 0.15) is 22.5 Å². The van der Waals surface area contributed by atoms with E-state index in [1.165, 1.54) is 6.26 Å². The summed E-state index contributed by atoms with van der Waals surface area (Å²) in [6, 6.07) is 11.2. The van der Waals surface area contributed by atoms with Crippen molar-refractivity contribution in [3.63, 3.8) is 0 Å². The molecular weight excluding hydrogens is 280 g/mol. The number of anilines is 1. The molecular formula is C17H18N2O3. The number of amides is 2. The van der Waals surface area contributed by atoms with Crippen molar-refractivity contribution in [1.29, 1.82) is 0 Å². The van der Waals surface area contributed by atoms with Gasteiger partial charge in [-0.2, -0.15) is 0 Å². The Hall–Kier alpha value is -2.56. The maximum Gasteiger partial charge on any atom is 0.286 e. The fourth-order valence-corrected chi connectivity index (χ4v) is 2.62. The van der Waals surface area contributed by atoms with Crippen LogP contribution < -0.4 is 10.2 Å². The minimum absolute atomic E-state index is 0.0982. The minimum Gasteiger partial charge on any atom is -0.459 e. The van der Waals surface area contributed by atoms with E-state index in [0.717, 1.165) is 11.3 Å². The molecule has 0 unspecified atom stereocenters. The monoisotopic (exact) mass is 298 g/mol. The van der Waals surface area contributed by atoms with Gasteiger partial charge in [-0.25, -0.2) is 0 Å². The van der Waals surface area contributed by atoms with Gasteiger partial charge in [0.2, 0.25) is 5.91 Å². The molecule has 1 aromatic carbocycles. The smallest absolute Gasteiger partial charge is 0.286 e. The van der Waals surface area contributed by atoms with Crippen molar-refractivity contribution < 1.29 is 14.0 Å². The van der Waals surface area contributed by atoms with Gasteiger partial charge < -0.3 is 14.6 Å². The molecule has 1 atom stereocenters. The van der Waals surface area contributed by atoms with Crippen molar-refractivity contribution >= 4 is 17.5 Å². The molecule has 1 fully saturated rings. The number of carbonyl (C=O) groups is 2. The number of nitrogens with zero attached hydrogens (tertiary/aromatic N) is 1. The number of aryl methyl sites for hydroxylation is 1. The van der Waals surface area contributed by atoms with Crippen LogP contribution in [0.2, 0.25) is 0 Å². The van der Waals surface area contributed by atoms with E-state index in [1.54, 1.807) is 17.0 Å². The zero-order valence-corrected chi connectivity index (χ0v) is 12.4. The van der Waals surface area contributed by atoms with Crippen molar-refractivity contribution in [1.82, 2.24) is 5.32 Å². The molecule has 2 amide bonds. The fraction of sp³-hybridized carbons (Fsp3) is 0.294. The first-order chi connectivity index (χ1) is 10.6. The summed E-state index contributed by atoms with van der Waals surface area (Å²) in [5, 5.41) is 2.82. The molecule has 1 aromatic heterocycles. The summed E-state index contributed by atoms with van der Waals surface area (Å²) in [6.07, 6.45) is 1.92. The lowest BCUT2D eigenvalue weighted by Crippen LogP contribution is -2.31. The highest BCUT2D eigenvalue weighted by Gasteiger charge is 2.30. The molecule has 0 saturated carbocycles. The maximum absolute atomic E-state index is 12.1. The molecule has 0 radical (unpaired) electrons. The van der Waals surface area contributed by atoms with E-state index in [1.807, 2.05) is 31.2 Å². The third-order valence-electron chi connectivity index (χ3n) is 3.85. The van der Waals surface area contributed by atoms with E-state index in [9.17, 15) is 9.59 Å². The van der Waals surface area contributed by atoms with Crippen LogP contribution in [0.25, 0.3) is 0 Å². The first-order valence-electron chi connectivity index (χ1n) is 7.32. The number of furan rings is 1. The lowest BCUT2D eigenvalue weighted by atomic mass is 10.1. The Labute approximate surface area is 128 Å². The second-order valence-corrected chi connectivity index (χ2v) is 5.60. The molecule has 0 aliphatic carbocycles. The van der Waals surface area contributed by atoms with Crippen molar-refractivity contribution in [3.8, 4) is 0 Å². The Kier molecular flexibility index (Phi) is 3.96. The van der Waals surface area contributed by atoms with Gasteiger partial charge in [0.15, 0.2) is 5.76 Å². The molecule has 2 heterocycles. The standard InChI is InChI=1S/C17H18N2O3/c1-12-4-6-14(7-5-12)19-11-13(9-16(19)20)10-18-17(21)15-3-2-8-22-15/h2-8,13H,9-11H2,1H3,(H,18,21)/t13-/m1/s1. The molecule has 2 aromatic rings. The Morgan fingerprint density at radius 1 is 1.32 bits per heavy atom. The number of benzene rings is 1. The van der Waals surface area contributed by atoms with Crippen LogP contribution in [0.5, 0.6) is 0 Å². The van der Waals surface area contributed by atoms with E-state index in [2.05, 4.69) is 5.32 Å². The van der Waals surface area contributed by atoms with Gasteiger partial charge in [-0.1, -0.05) is 17.7 Å². The summed E-state index contributed by atoms with van der Waals surface area (Å²) in [4.78, 5) is 25.7. The number of hydrogen-bond donors (Lipinski definition) is 1. The van der Waals surface area contributed by atoms with Gasteiger partial charge >= 0.3 is 0 Å². The van der Waals surface area contributed by atoms with Crippen molar-refractivity contribution in [3.05, 3.63) is 54.0 Å². The molecule has 3 rings (SSSR count). The highest BCUT2D eigenvalue weighted by atomic mass is 16.3. The maximum atomic E-state index is 12.1. The van der Waals surface area contributed by atoms with Crippen molar-refractivity contribution in [2.75, 3.05) is 18.0 Å². The van der Waals surface area contributed by atoms with E-state index in [0.29, 0.717) is 25.3 Å². The van der Waals surface area contributed by atoms with Gasteiger partial charge in [-0.3, -0.25) is 9.59 Å². The largest absolute Gasteiger partial charge is 0.459 e. The summed E-state index contributed by atoms with van der Waals surface area (Å²) >= 11 is 0. The van der Waals surface area contributed by atoms with Gasteiger partial charge in [0, 0.05) is 31.1 Å². The second-order valence-electron chi connectivity index (χ2n) is 5.60. The fourth-order valence-electron chi connectivity index (χ4n) is 2.62. The number of carbonyl (C=O) groups excluding carboxylic acids is 2. The highest BCUT2D eigenvalue weighted by molar-refractivity contribution is 5.96. The zero-order valence-electron chi connectivity index (χ0n) is 12.4. The average molecular weight is 298 g/mol. The first kappa shape index (κ1) is 14.4. The molecule has 114 valence electrons. The molecule has 5 nitrogen and oxygen atoms in total. The summed E-state index contributed by atoms with van der Waals surface area (Å²) in [6.45, 7) is 3.11. The van der Waals surface area contributed by atoms with Gasteiger partial charge in [-0.05, 0) is 31.2 Å². The molecule has 1 aliphatic heterocycles. The number of rotatable bonds is 4. The van der Waals surface area contributed by atoms with Crippen LogP contribution in [0.3, 0.4) is 0 Å². The van der Waals surface area contributed by atoms with Crippen LogP contribution >= 0.6 is 0 Å². The molecule has 1 N–H and O–H groups in total. The van der Waals surface area contributed by atoms with Crippen molar-refractivity contribution in [2.24, 2.45) is 5.92 Å². The van der Waals surface area contributed by atoms with E-state index < -0.39 is 0 Å². The van der Waals surface area contributed by atoms with Gasteiger partial charge in [0.25, 0.3) is 5.91 Å². The van der Waals surface area contributed by atoms with E-state index >= 15 is 0 Å².